The Kier molecular flexibility index (Phi) is 3.92. The molecule has 14 heavy (non-hydrogen) atoms. The second-order valence-corrected chi connectivity index (χ2v) is 3.48. The number of anilines is 1. The van der Waals surface area contributed by atoms with Crippen molar-refractivity contribution in [3.8, 4) is 0 Å². The number of aliphatic hydroxyl groups is 1. The first kappa shape index (κ1) is 11.0. The van der Waals surface area contributed by atoms with Crippen LogP contribution in [0.25, 0.3) is 0 Å². The van der Waals surface area contributed by atoms with Gasteiger partial charge in [0.05, 0.1) is 12.6 Å². The smallest absolute Gasteiger partial charge is 0.0627 e. The molecule has 1 rings (SSSR count). The minimum atomic E-state index is 0.00796. The molecule has 78 valence electrons. The second-order valence-electron chi connectivity index (χ2n) is 3.48. The molecule has 0 fully saturated rings. The second kappa shape index (κ2) is 4.98. The van der Waals surface area contributed by atoms with E-state index in [9.17, 15) is 5.11 Å². The van der Waals surface area contributed by atoms with Gasteiger partial charge in [0.15, 0.2) is 0 Å². The van der Waals surface area contributed by atoms with Crippen molar-refractivity contribution < 1.29 is 5.11 Å². The Balaban J connectivity index is 3.05. The molecule has 0 bridgehead atoms. The zero-order chi connectivity index (χ0) is 10.6. The molecule has 0 amide bonds. The van der Waals surface area contributed by atoms with Crippen molar-refractivity contribution in [2.75, 3.05) is 32.6 Å². The lowest BCUT2D eigenvalue weighted by molar-refractivity contribution is 0.251. The summed E-state index contributed by atoms with van der Waals surface area (Å²) in [5.41, 5.74) is 2.27. The molecule has 0 aliphatic rings. The quantitative estimate of drug-likeness (QED) is 0.750. The van der Waals surface area contributed by atoms with E-state index in [0.29, 0.717) is 0 Å². The zero-order valence-corrected chi connectivity index (χ0v) is 8.99. The number of nitrogens with zero attached hydrogens (tertiary/aromatic N) is 1. The number of rotatable bonds is 4. The van der Waals surface area contributed by atoms with Crippen molar-refractivity contribution in [3.63, 3.8) is 0 Å². The highest BCUT2D eigenvalue weighted by Crippen LogP contribution is 2.24. The molecular weight excluding hydrogens is 176 g/mol. The van der Waals surface area contributed by atoms with Crippen LogP contribution in [-0.4, -0.2) is 32.9 Å². The number of nitrogens with one attached hydrogen (secondary N) is 1. The van der Waals surface area contributed by atoms with E-state index in [1.54, 1.807) is 0 Å². The lowest BCUT2D eigenvalue weighted by Gasteiger charge is -2.22. The Bertz CT molecular complexity index is 282. The molecule has 0 radical (unpaired) electrons. The van der Waals surface area contributed by atoms with Crippen LogP contribution in [0.1, 0.15) is 11.6 Å². The molecule has 0 aliphatic carbocycles. The van der Waals surface area contributed by atoms with Gasteiger partial charge in [-0.2, -0.15) is 0 Å². The molecule has 0 saturated heterocycles. The first-order chi connectivity index (χ1) is 6.70. The molecule has 3 nitrogen and oxygen atoms in total. The van der Waals surface area contributed by atoms with Gasteiger partial charge < -0.3 is 15.3 Å². The molecule has 0 heterocycles. The summed E-state index contributed by atoms with van der Waals surface area (Å²) >= 11 is 0. The van der Waals surface area contributed by atoms with Crippen LogP contribution >= 0.6 is 0 Å². The van der Waals surface area contributed by atoms with Crippen molar-refractivity contribution in [1.82, 2.24) is 5.32 Å². The van der Waals surface area contributed by atoms with Crippen LogP contribution in [0.4, 0.5) is 5.69 Å². The van der Waals surface area contributed by atoms with Crippen molar-refractivity contribution in [2.45, 2.75) is 6.04 Å². The third-order valence-electron chi connectivity index (χ3n) is 2.33. The topological polar surface area (TPSA) is 35.5 Å². The Morgan fingerprint density at radius 1 is 1.36 bits per heavy atom. The van der Waals surface area contributed by atoms with Crippen molar-refractivity contribution >= 4 is 5.69 Å². The van der Waals surface area contributed by atoms with Crippen molar-refractivity contribution in [2.24, 2.45) is 0 Å². The van der Waals surface area contributed by atoms with E-state index in [4.69, 9.17) is 0 Å². The van der Waals surface area contributed by atoms with Gasteiger partial charge in [-0.15, -0.1) is 0 Å². The fraction of sp³-hybridized carbons (Fsp3) is 0.455. The van der Waals surface area contributed by atoms with Gasteiger partial charge in [0.1, 0.15) is 0 Å². The van der Waals surface area contributed by atoms with Gasteiger partial charge in [-0.05, 0) is 18.7 Å². The zero-order valence-electron chi connectivity index (χ0n) is 8.99. The van der Waals surface area contributed by atoms with Crippen LogP contribution in [0.2, 0.25) is 0 Å². The van der Waals surface area contributed by atoms with Crippen LogP contribution in [0.15, 0.2) is 24.3 Å². The predicted octanol–water partition coefficient (Wildman–Crippen LogP) is 1.01. The molecule has 3 heteroatoms. The number of aliphatic hydroxyl groups excluding tert-OH is 1. The van der Waals surface area contributed by atoms with Crippen molar-refractivity contribution in [3.05, 3.63) is 29.8 Å². The van der Waals surface area contributed by atoms with Crippen molar-refractivity contribution in [1.29, 1.82) is 0 Å². The number of para-hydroxylation sites is 1. The molecular formula is C11H18N2O. The van der Waals surface area contributed by atoms with Gasteiger partial charge in [-0.25, -0.2) is 0 Å². The molecule has 2 N–H and O–H groups in total. The van der Waals surface area contributed by atoms with E-state index in [1.807, 2.05) is 39.3 Å². The first-order valence-corrected chi connectivity index (χ1v) is 4.75. The lowest BCUT2D eigenvalue weighted by Crippen LogP contribution is -2.23. The Morgan fingerprint density at radius 2 is 2.00 bits per heavy atom. The third kappa shape index (κ3) is 2.25. The van der Waals surface area contributed by atoms with Gasteiger partial charge in [0.2, 0.25) is 0 Å². The standard InChI is InChI=1S/C11H18N2O/c1-12-10(8-14)9-6-4-5-7-11(9)13(2)3/h4-7,10,12,14H,8H2,1-3H3/t10-/m1/s1. The van der Waals surface area contributed by atoms with Gasteiger partial charge in [-0.1, -0.05) is 18.2 Å². The van der Waals surface area contributed by atoms with Crippen LogP contribution in [0.3, 0.4) is 0 Å². The number of likely N-dealkylation sites (N-methyl/N-ethyl adjacent to an activating group) is 1. The van der Waals surface area contributed by atoms with E-state index < -0.39 is 0 Å². The van der Waals surface area contributed by atoms with Crippen LogP contribution < -0.4 is 10.2 Å². The molecule has 0 aliphatic heterocycles. The third-order valence-corrected chi connectivity index (χ3v) is 2.33. The average Bonchev–Trinajstić information content (AvgIpc) is 2.20. The van der Waals surface area contributed by atoms with E-state index in [-0.39, 0.29) is 12.6 Å². The maximum absolute atomic E-state index is 9.20. The van der Waals surface area contributed by atoms with Crippen LogP contribution in [-0.2, 0) is 0 Å². The highest BCUT2D eigenvalue weighted by Gasteiger charge is 2.12. The maximum Gasteiger partial charge on any atom is 0.0627 e. The fourth-order valence-electron chi connectivity index (χ4n) is 1.53. The molecule has 1 aromatic rings. The van der Waals surface area contributed by atoms with E-state index in [1.165, 1.54) is 0 Å². The lowest BCUT2D eigenvalue weighted by atomic mass is 10.1. The van der Waals surface area contributed by atoms with Gasteiger partial charge in [0, 0.05) is 19.8 Å². The minimum Gasteiger partial charge on any atom is -0.394 e. The summed E-state index contributed by atoms with van der Waals surface area (Å²) < 4.78 is 0. The maximum atomic E-state index is 9.20. The fourth-order valence-corrected chi connectivity index (χ4v) is 1.53. The van der Waals surface area contributed by atoms with Gasteiger partial charge in [-0.3, -0.25) is 0 Å². The van der Waals surface area contributed by atoms with Gasteiger partial charge >= 0.3 is 0 Å². The summed E-state index contributed by atoms with van der Waals surface area (Å²) in [6.07, 6.45) is 0. The number of hydrogen-bond donors (Lipinski definition) is 2. The predicted molar refractivity (Wildman–Crippen MR) is 59.7 cm³/mol. The molecule has 1 aromatic carbocycles. The Labute approximate surface area is 85.4 Å². The normalized spacial score (nSPS) is 12.6. The van der Waals surface area contributed by atoms with E-state index in [2.05, 4.69) is 16.3 Å². The average molecular weight is 194 g/mol. The highest BCUT2D eigenvalue weighted by atomic mass is 16.3. The molecule has 1 atom stereocenters. The molecule has 0 unspecified atom stereocenters. The summed E-state index contributed by atoms with van der Waals surface area (Å²) in [5, 5.41) is 12.3. The largest absolute Gasteiger partial charge is 0.394 e. The summed E-state index contributed by atoms with van der Waals surface area (Å²) in [4.78, 5) is 2.05. The molecule has 0 saturated carbocycles. The highest BCUT2D eigenvalue weighted by molar-refractivity contribution is 5.53. The minimum absolute atomic E-state index is 0.00796. The van der Waals surface area contributed by atoms with E-state index in [0.717, 1.165) is 11.3 Å². The SMILES string of the molecule is CN[C@H](CO)c1ccccc1N(C)C. The van der Waals surface area contributed by atoms with Gasteiger partial charge in [0.25, 0.3) is 0 Å². The summed E-state index contributed by atoms with van der Waals surface area (Å²) in [6, 6.07) is 8.08. The number of hydrogen-bond acceptors (Lipinski definition) is 3. The monoisotopic (exact) mass is 194 g/mol. The van der Waals surface area contributed by atoms with Crippen LogP contribution in [0.5, 0.6) is 0 Å². The Morgan fingerprint density at radius 3 is 2.50 bits per heavy atom. The summed E-state index contributed by atoms with van der Waals surface area (Å²) in [6.45, 7) is 0.112. The Hall–Kier alpha value is -1.06. The first-order valence-electron chi connectivity index (χ1n) is 4.75. The van der Waals surface area contributed by atoms with E-state index >= 15 is 0 Å². The number of benzene rings is 1. The van der Waals surface area contributed by atoms with Crippen LogP contribution in [0, 0.1) is 0 Å². The molecule has 0 aromatic heterocycles. The summed E-state index contributed by atoms with van der Waals surface area (Å²) in [7, 11) is 5.86. The summed E-state index contributed by atoms with van der Waals surface area (Å²) in [5.74, 6) is 0. The molecule has 0 spiro atoms.